The number of aliphatic hydroxyl groups excluding tert-OH is 2. The van der Waals surface area contributed by atoms with Crippen LogP contribution in [-0.4, -0.2) is 52.6 Å². The third-order valence-corrected chi connectivity index (χ3v) is 1.97. The van der Waals surface area contributed by atoms with E-state index in [1.807, 2.05) is 0 Å². The molecule has 0 spiro atoms. The molecule has 0 aromatic heterocycles. The Kier molecular flexibility index (Phi) is 7.54. The van der Waals surface area contributed by atoms with Crippen molar-refractivity contribution in [1.82, 2.24) is 4.90 Å². The predicted octanol–water partition coefficient (Wildman–Crippen LogP) is -1.50. The number of nitrogens with zero attached hydrogens (tertiary/aromatic N) is 1. The number of likely N-dealkylation sites (tertiary alicyclic amines) is 1. The molecule has 1 rings (SSSR count). The molecular weight excluding hydrogens is 263 g/mol. The van der Waals surface area contributed by atoms with E-state index in [2.05, 4.69) is 7.40 Å². The second-order valence-corrected chi connectivity index (χ2v) is 2.71. The zero-order valence-electron chi connectivity index (χ0n) is 8.72. The number of carbonyl (C=O) groups excluding carboxylic acids is 2. The maximum absolute atomic E-state index is 11.0. The van der Waals surface area contributed by atoms with Crippen molar-refractivity contribution < 1.29 is 53.9 Å². The number of Topliss-reactive ketones (excluding diaryl/α,β-unsaturated/α-hetero) is 1. The number of amides is 1. The first kappa shape index (κ1) is 14.2. The quantitative estimate of drug-likeness (QED) is 0.615. The monoisotopic (exact) mass is 277 g/mol. The van der Waals surface area contributed by atoms with E-state index < -0.39 is 24.5 Å². The third-order valence-electron chi connectivity index (χ3n) is 1.97. The molecular formula is C8H13NO4Y-2. The van der Waals surface area contributed by atoms with Crippen LogP contribution in [0.4, 0.5) is 0 Å². The maximum atomic E-state index is 11.0. The van der Waals surface area contributed by atoms with Gasteiger partial charge in [0.2, 0.25) is 0 Å². The first-order valence-corrected chi connectivity index (χ1v) is 3.66. The second-order valence-electron chi connectivity index (χ2n) is 2.71. The van der Waals surface area contributed by atoms with Gasteiger partial charge >= 0.3 is 0 Å². The van der Waals surface area contributed by atoms with E-state index >= 15 is 0 Å². The predicted molar refractivity (Wildman–Crippen MR) is 45.3 cm³/mol. The smallest absolute Gasteiger partial charge is 0.180 e. The summed E-state index contributed by atoms with van der Waals surface area (Å²) in [5.74, 6) is -0.539. The van der Waals surface area contributed by atoms with Gasteiger partial charge < -0.3 is 27.3 Å². The first-order valence-electron chi connectivity index (χ1n) is 4.37. The van der Waals surface area contributed by atoms with Crippen molar-refractivity contribution in [1.29, 1.82) is 0 Å². The Bertz CT molecular complexity index is 205. The molecule has 1 amide bonds. The van der Waals surface area contributed by atoms with Crippen LogP contribution in [-0.2, 0) is 42.3 Å². The number of rotatable bonds is 3. The molecule has 0 aromatic rings. The van der Waals surface area contributed by atoms with E-state index in [1.165, 1.54) is 0 Å². The van der Waals surface area contributed by atoms with E-state index in [0.29, 0.717) is 13.0 Å². The summed E-state index contributed by atoms with van der Waals surface area (Å²) in [6.45, 7) is -0.332. The van der Waals surface area contributed by atoms with Crippen molar-refractivity contribution in [3.63, 3.8) is 0 Å². The molecule has 5 nitrogen and oxygen atoms in total. The van der Waals surface area contributed by atoms with Crippen LogP contribution in [0, 0.1) is 7.40 Å². The Balaban J connectivity index is 0. The SMILES string of the molecule is O=[C-]N1CCC(O)C1C(=O)CO.[2H][CH2-].[Y]. The van der Waals surface area contributed by atoms with Crippen molar-refractivity contribution in [2.75, 3.05) is 13.2 Å². The molecule has 0 aliphatic carbocycles. The van der Waals surface area contributed by atoms with Crippen molar-refractivity contribution in [3.05, 3.63) is 7.40 Å². The van der Waals surface area contributed by atoms with Gasteiger partial charge in [0.15, 0.2) is 5.78 Å². The van der Waals surface area contributed by atoms with Gasteiger partial charge in [0.25, 0.3) is 0 Å². The Labute approximate surface area is 110 Å². The van der Waals surface area contributed by atoms with Gasteiger partial charge in [-0.05, 0) is 13.0 Å². The topological polar surface area (TPSA) is 77.8 Å². The van der Waals surface area contributed by atoms with Crippen molar-refractivity contribution in [2.24, 2.45) is 0 Å². The normalized spacial score (nSPS) is 25.4. The number of hydrogen-bond acceptors (Lipinski definition) is 4. The van der Waals surface area contributed by atoms with Crippen molar-refractivity contribution in [3.8, 4) is 0 Å². The molecule has 2 unspecified atom stereocenters. The van der Waals surface area contributed by atoms with E-state index in [-0.39, 0.29) is 32.7 Å². The van der Waals surface area contributed by atoms with E-state index in [9.17, 15) is 14.7 Å². The Morgan fingerprint density at radius 2 is 2.29 bits per heavy atom. The zero-order chi connectivity index (χ0) is 11.1. The van der Waals surface area contributed by atoms with Gasteiger partial charge in [-0.25, -0.2) is 1.37 Å². The summed E-state index contributed by atoms with van der Waals surface area (Å²) in [7, 11) is 2.50. The molecule has 79 valence electrons. The molecule has 6 heteroatoms. The minimum absolute atomic E-state index is 0. The van der Waals surface area contributed by atoms with Crippen LogP contribution in [0.1, 0.15) is 7.79 Å². The average molecular weight is 277 g/mol. The molecule has 1 aliphatic rings. The first-order chi connectivity index (χ1) is 6.70. The summed E-state index contributed by atoms with van der Waals surface area (Å²) in [6.07, 6.45) is 1.06. The number of aliphatic hydroxyl groups is 2. The molecule has 14 heavy (non-hydrogen) atoms. The zero-order valence-corrected chi connectivity index (χ0v) is 10.6. The van der Waals surface area contributed by atoms with Gasteiger partial charge in [0.1, 0.15) is 6.61 Å². The summed E-state index contributed by atoms with van der Waals surface area (Å²) >= 11 is 0. The second kappa shape index (κ2) is 7.45. The van der Waals surface area contributed by atoms with E-state index in [0.717, 1.165) is 4.90 Å². The fourth-order valence-electron chi connectivity index (χ4n) is 1.36. The molecule has 1 heterocycles. The molecule has 1 aliphatic heterocycles. The largest absolute Gasteiger partial charge is 0.520 e. The van der Waals surface area contributed by atoms with Gasteiger partial charge in [-0.15, -0.1) is 0 Å². The van der Waals surface area contributed by atoms with Crippen LogP contribution < -0.4 is 0 Å². The molecule has 1 saturated heterocycles. The summed E-state index contributed by atoms with van der Waals surface area (Å²) < 4.78 is 5.50. The standard InChI is InChI=1S/C7H10NO4.CH3.Y/c9-3-6(12)7-5(11)1-2-8(7)4-10;;/h5,7,9,11H,1-3H2;1H3;/q2*-1;/i;1D;. The molecule has 0 bridgehead atoms. The Morgan fingerprint density at radius 3 is 2.71 bits per heavy atom. The number of carbonyl (C=O) groups is 1. The van der Waals surface area contributed by atoms with Crippen molar-refractivity contribution >= 4 is 12.2 Å². The van der Waals surface area contributed by atoms with E-state index in [4.69, 9.17) is 6.48 Å². The molecule has 1 fully saturated rings. The molecule has 2 N–H and O–H groups in total. The van der Waals surface area contributed by atoms with Gasteiger partial charge in [-0.1, -0.05) is 0 Å². The van der Waals surface area contributed by atoms with E-state index in [1.54, 1.807) is 6.41 Å². The minimum atomic E-state index is -0.896. The van der Waals surface area contributed by atoms with Gasteiger partial charge in [0, 0.05) is 32.7 Å². The van der Waals surface area contributed by atoms with Crippen LogP contribution >= 0.6 is 0 Å². The third kappa shape index (κ3) is 3.38. The minimum Gasteiger partial charge on any atom is -0.520 e. The number of hydrogen-bond donors (Lipinski definition) is 2. The summed E-state index contributed by atoms with van der Waals surface area (Å²) in [6, 6.07) is -0.896. The van der Waals surface area contributed by atoms with Crippen LogP contribution in [0.5, 0.6) is 0 Å². The molecule has 0 aromatic carbocycles. The van der Waals surface area contributed by atoms with Gasteiger partial charge in [-0.3, -0.25) is 4.79 Å². The van der Waals surface area contributed by atoms with Gasteiger partial charge in [0.05, 0.1) is 12.1 Å². The molecule has 2 atom stereocenters. The summed E-state index contributed by atoms with van der Waals surface area (Å²) in [5, 5.41) is 17.7. The van der Waals surface area contributed by atoms with Crippen LogP contribution in [0.15, 0.2) is 0 Å². The maximum Gasteiger partial charge on any atom is 0.180 e. The van der Waals surface area contributed by atoms with Crippen LogP contribution in [0.25, 0.3) is 0 Å². The summed E-state index contributed by atoms with van der Waals surface area (Å²) in [5.41, 5.74) is 0. The number of ketones is 1. The van der Waals surface area contributed by atoms with Gasteiger partial charge in [-0.2, -0.15) is 6.41 Å². The Hall–Kier alpha value is 0.164. The molecule has 1 radical (unpaired) electrons. The average Bonchev–Trinajstić information content (AvgIpc) is 2.61. The van der Waals surface area contributed by atoms with Crippen LogP contribution in [0.3, 0.4) is 0 Å². The fourth-order valence-corrected chi connectivity index (χ4v) is 1.36. The molecule has 0 saturated carbocycles. The van der Waals surface area contributed by atoms with Crippen molar-refractivity contribution in [2.45, 2.75) is 18.6 Å². The Morgan fingerprint density at radius 1 is 1.71 bits per heavy atom. The summed E-state index contributed by atoms with van der Waals surface area (Å²) in [4.78, 5) is 22.3. The van der Waals surface area contributed by atoms with Crippen LogP contribution in [0.2, 0.25) is 0 Å². The fraction of sp³-hybridized carbons (Fsp3) is 0.625.